The van der Waals surface area contributed by atoms with Crippen molar-refractivity contribution in [2.75, 3.05) is 11.9 Å². The van der Waals surface area contributed by atoms with Crippen LogP contribution < -0.4 is 10.6 Å². The molecule has 26 heavy (non-hydrogen) atoms. The molecule has 0 spiro atoms. The molecule has 5 nitrogen and oxygen atoms in total. The molecule has 1 aromatic heterocycles. The molecule has 0 saturated heterocycles. The van der Waals surface area contributed by atoms with Crippen LogP contribution in [0.5, 0.6) is 0 Å². The van der Waals surface area contributed by atoms with E-state index in [1.807, 2.05) is 56.3 Å². The van der Waals surface area contributed by atoms with E-state index in [0.29, 0.717) is 22.8 Å². The maximum absolute atomic E-state index is 11.6. The number of aryl methyl sites for hydroxylation is 1. The predicted molar refractivity (Wildman–Crippen MR) is 105 cm³/mol. The van der Waals surface area contributed by atoms with Gasteiger partial charge in [-0.2, -0.15) is 5.26 Å². The van der Waals surface area contributed by atoms with E-state index in [9.17, 15) is 10.1 Å². The Bertz CT molecular complexity index is 999. The van der Waals surface area contributed by atoms with E-state index >= 15 is 0 Å². The summed E-state index contributed by atoms with van der Waals surface area (Å²) in [5.41, 5.74) is 4.05. The lowest BCUT2D eigenvalue weighted by Gasteiger charge is -2.10. The van der Waals surface area contributed by atoms with E-state index in [4.69, 9.17) is 11.6 Å². The molecule has 6 heteroatoms. The Morgan fingerprint density at radius 1 is 1.19 bits per heavy atom. The zero-order chi connectivity index (χ0) is 18.7. The fourth-order valence-corrected chi connectivity index (χ4v) is 3.29. The summed E-state index contributed by atoms with van der Waals surface area (Å²) in [7, 11) is 0. The number of nitriles is 1. The molecule has 2 N–H and O–H groups in total. The number of benzene rings is 2. The van der Waals surface area contributed by atoms with Gasteiger partial charge < -0.3 is 15.2 Å². The summed E-state index contributed by atoms with van der Waals surface area (Å²) in [5.74, 6) is 0. The minimum absolute atomic E-state index is 0.240. The second kappa shape index (κ2) is 7.51. The molecular weight excluding hydrogens is 348 g/mol. The molecule has 0 atom stereocenters. The van der Waals surface area contributed by atoms with Gasteiger partial charge in [0.05, 0.1) is 11.3 Å². The van der Waals surface area contributed by atoms with Gasteiger partial charge in [0.15, 0.2) is 0 Å². The number of hydrogen-bond donors (Lipinski definition) is 2. The third kappa shape index (κ3) is 3.24. The van der Waals surface area contributed by atoms with Gasteiger partial charge >= 0.3 is 6.03 Å². The topological polar surface area (TPSA) is 69.8 Å². The van der Waals surface area contributed by atoms with Gasteiger partial charge in [-0.15, -0.1) is 0 Å². The molecule has 2 aromatic carbocycles. The number of fused-ring (bicyclic) bond motifs is 1. The van der Waals surface area contributed by atoms with Gasteiger partial charge in [-0.3, -0.25) is 0 Å². The molecule has 0 aliphatic heterocycles. The highest BCUT2D eigenvalue weighted by molar-refractivity contribution is 6.31. The molecule has 1 heterocycles. The van der Waals surface area contributed by atoms with Gasteiger partial charge in [0, 0.05) is 34.7 Å². The van der Waals surface area contributed by atoms with Crippen LogP contribution in [0, 0.1) is 11.3 Å². The standard InChI is InChI=1S/C20H19ClN4O/c1-3-23-20(26)24-15-8-5-13(6-9-15)19-17(12-22)16-11-14(21)7-10-18(16)25(19)4-2/h5-11H,3-4H2,1-2H3,(H2,23,24,26). The van der Waals surface area contributed by atoms with E-state index in [1.54, 1.807) is 0 Å². The third-order valence-electron chi connectivity index (χ3n) is 4.21. The van der Waals surface area contributed by atoms with E-state index in [2.05, 4.69) is 21.3 Å². The van der Waals surface area contributed by atoms with Gasteiger partial charge in [0.2, 0.25) is 0 Å². The molecule has 3 aromatic rings. The maximum Gasteiger partial charge on any atom is 0.319 e. The van der Waals surface area contributed by atoms with Crippen LogP contribution in [0.25, 0.3) is 22.2 Å². The zero-order valence-electron chi connectivity index (χ0n) is 14.6. The molecule has 3 rings (SSSR count). The van der Waals surface area contributed by atoms with Crippen LogP contribution in [0.3, 0.4) is 0 Å². The van der Waals surface area contributed by atoms with Gasteiger partial charge in [-0.05, 0) is 49.7 Å². The summed E-state index contributed by atoms with van der Waals surface area (Å²) in [6.07, 6.45) is 0. The van der Waals surface area contributed by atoms with Gasteiger partial charge in [0.1, 0.15) is 6.07 Å². The Hall–Kier alpha value is -2.97. The van der Waals surface area contributed by atoms with Crippen molar-refractivity contribution in [1.29, 1.82) is 5.26 Å². The smallest absolute Gasteiger partial charge is 0.319 e. The van der Waals surface area contributed by atoms with Crippen molar-refractivity contribution in [3.63, 3.8) is 0 Å². The van der Waals surface area contributed by atoms with Crippen LogP contribution in [-0.2, 0) is 6.54 Å². The fourth-order valence-electron chi connectivity index (χ4n) is 3.12. The zero-order valence-corrected chi connectivity index (χ0v) is 15.4. The first-order chi connectivity index (χ1) is 12.6. The number of anilines is 1. The van der Waals surface area contributed by atoms with Gasteiger partial charge in [0.25, 0.3) is 0 Å². The Morgan fingerprint density at radius 2 is 1.92 bits per heavy atom. The van der Waals surface area contributed by atoms with Crippen molar-refractivity contribution in [2.24, 2.45) is 0 Å². The number of nitrogens with one attached hydrogen (secondary N) is 2. The Balaban J connectivity index is 2.07. The molecule has 2 amide bonds. The Labute approximate surface area is 157 Å². The number of urea groups is 1. The van der Waals surface area contributed by atoms with Crippen LogP contribution >= 0.6 is 11.6 Å². The van der Waals surface area contributed by atoms with E-state index in [-0.39, 0.29) is 6.03 Å². The lowest BCUT2D eigenvalue weighted by atomic mass is 10.1. The summed E-state index contributed by atoms with van der Waals surface area (Å²) in [6.45, 7) is 5.20. The van der Waals surface area contributed by atoms with Gasteiger partial charge in [-0.25, -0.2) is 4.79 Å². The second-order valence-electron chi connectivity index (χ2n) is 5.80. The van der Waals surface area contributed by atoms with E-state index in [0.717, 1.165) is 28.7 Å². The SMILES string of the molecule is CCNC(=O)Nc1ccc(-c2c(C#N)c3cc(Cl)ccc3n2CC)cc1. The number of hydrogen-bond acceptors (Lipinski definition) is 2. The molecule has 0 aliphatic carbocycles. The monoisotopic (exact) mass is 366 g/mol. The number of carbonyl (C=O) groups is 1. The summed E-state index contributed by atoms with van der Waals surface area (Å²) >= 11 is 6.13. The quantitative estimate of drug-likeness (QED) is 0.682. The minimum Gasteiger partial charge on any atom is -0.340 e. The van der Waals surface area contributed by atoms with Crippen LogP contribution in [0.2, 0.25) is 5.02 Å². The average molecular weight is 367 g/mol. The van der Waals surface area contributed by atoms with Crippen LogP contribution in [0.4, 0.5) is 10.5 Å². The molecular formula is C20H19ClN4O. The highest BCUT2D eigenvalue weighted by Crippen LogP contribution is 2.35. The summed E-state index contributed by atoms with van der Waals surface area (Å²) in [5, 5.41) is 16.7. The highest BCUT2D eigenvalue weighted by atomic mass is 35.5. The summed E-state index contributed by atoms with van der Waals surface area (Å²) in [6, 6.07) is 15.2. The minimum atomic E-state index is -0.240. The van der Waals surface area contributed by atoms with Crippen molar-refractivity contribution in [3.8, 4) is 17.3 Å². The first-order valence-corrected chi connectivity index (χ1v) is 8.84. The number of carbonyl (C=O) groups excluding carboxylic acids is 1. The van der Waals surface area contributed by atoms with Crippen molar-refractivity contribution >= 4 is 34.2 Å². The molecule has 0 radical (unpaired) electrons. The predicted octanol–water partition coefficient (Wildman–Crippen LogP) is 4.99. The number of nitrogens with zero attached hydrogens (tertiary/aromatic N) is 2. The number of aromatic nitrogens is 1. The molecule has 0 aliphatic rings. The highest BCUT2D eigenvalue weighted by Gasteiger charge is 2.18. The maximum atomic E-state index is 11.6. The molecule has 132 valence electrons. The van der Waals surface area contributed by atoms with Crippen LogP contribution in [-0.4, -0.2) is 17.1 Å². The fraction of sp³-hybridized carbons (Fsp3) is 0.200. The second-order valence-corrected chi connectivity index (χ2v) is 6.24. The number of amides is 2. The molecule has 0 unspecified atom stereocenters. The molecule has 0 saturated carbocycles. The largest absolute Gasteiger partial charge is 0.340 e. The van der Waals surface area contributed by atoms with Crippen LogP contribution in [0.15, 0.2) is 42.5 Å². The summed E-state index contributed by atoms with van der Waals surface area (Å²) in [4.78, 5) is 11.6. The normalized spacial score (nSPS) is 10.5. The van der Waals surface area contributed by atoms with Crippen molar-refractivity contribution < 1.29 is 4.79 Å². The Kier molecular flexibility index (Phi) is 5.15. The number of halogens is 1. The van der Waals surface area contributed by atoms with Crippen molar-refractivity contribution in [3.05, 3.63) is 53.1 Å². The average Bonchev–Trinajstić information content (AvgIpc) is 2.95. The lowest BCUT2D eigenvalue weighted by Crippen LogP contribution is -2.28. The van der Waals surface area contributed by atoms with E-state index in [1.165, 1.54) is 0 Å². The Morgan fingerprint density at radius 3 is 2.54 bits per heavy atom. The molecule has 0 fully saturated rings. The number of rotatable bonds is 4. The van der Waals surface area contributed by atoms with Crippen molar-refractivity contribution in [1.82, 2.24) is 9.88 Å². The summed E-state index contributed by atoms with van der Waals surface area (Å²) < 4.78 is 2.11. The third-order valence-corrected chi connectivity index (χ3v) is 4.44. The molecule has 0 bridgehead atoms. The van der Waals surface area contributed by atoms with E-state index < -0.39 is 0 Å². The van der Waals surface area contributed by atoms with Crippen LogP contribution in [0.1, 0.15) is 19.4 Å². The van der Waals surface area contributed by atoms with Gasteiger partial charge in [-0.1, -0.05) is 23.7 Å². The van der Waals surface area contributed by atoms with Crippen molar-refractivity contribution in [2.45, 2.75) is 20.4 Å². The lowest BCUT2D eigenvalue weighted by molar-refractivity contribution is 0.252. The first kappa shape index (κ1) is 17.8. The first-order valence-electron chi connectivity index (χ1n) is 8.46.